The van der Waals surface area contributed by atoms with Crippen LogP contribution in [-0.4, -0.2) is 16.7 Å². The first kappa shape index (κ1) is 10.7. The lowest BCUT2D eigenvalue weighted by Crippen LogP contribution is -2.40. The molecule has 2 aliphatic rings. The molecule has 0 saturated heterocycles. The van der Waals surface area contributed by atoms with Gasteiger partial charge in [0.15, 0.2) is 5.70 Å². The van der Waals surface area contributed by atoms with Gasteiger partial charge in [-0.25, -0.2) is 4.99 Å². The molecule has 0 unspecified atom stereocenters. The van der Waals surface area contributed by atoms with Crippen LogP contribution in [0.3, 0.4) is 0 Å². The van der Waals surface area contributed by atoms with Crippen LogP contribution in [0.5, 0.6) is 0 Å². The highest BCUT2D eigenvalue weighted by Crippen LogP contribution is 2.29. The zero-order chi connectivity index (χ0) is 11.7. The molecule has 4 heteroatoms. The SMILES string of the molecule is CC(C)N1C2=CCCCC2=NC(C#N)=C1N. The highest BCUT2D eigenvalue weighted by atomic mass is 15.3. The molecule has 2 rings (SSSR count). The molecule has 0 aromatic heterocycles. The summed E-state index contributed by atoms with van der Waals surface area (Å²) in [6.45, 7) is 4.14. The number of hydrogen-bond acceptors (Lipinski definition) is 4. The Hall–Kier alpha value is -1.76. The maximum Gasteiger partial charge on any atom is 0.181 e. The van der Waals surface area contributed by atoms with Crippen LogP contribution < -0.4 is 5.73 Å². The summed E-state index contributed by atoms with van der Waals surface area (Å²) in [7, 11) is 0. The summed E-state index contributed by atoms with van der Waals surface area (Å²) in [6, 6.07) is 2.32. The maximum atomic E-state index is 9.01. The molecule has 0 aromatic rings. The Bertz CT molecular complexity index is 434. The van der Waals surface area contributed by atoms with Crippen molar-refractivity contribution in [1.29, 1.82) is 5.26 Å². The second-order valence-electron chi connectivity index (χ2n) is 4.35. The standard InChI is InChI=1S/C12H16N4/c1-8(2)16-11-6-4-3-5-9(11)15-10(7-13)12(16)14/h6,8H,3-5,14H2,1-2H3. The molecule has 0 fully saturated rings. The lowest BCUT2D eigenvalue weighted by molar-refractivity contribution is 0.353. The Balaban J connectivity index is 2.52. The van der Waals surface area contributed by atoms with E-state index in [-0.39, 0.29) is 6.04 Å². The number of nitriles is 1. The maximum absolute atomic E-state index is 9.01. The molecule has 0 bridgehead atoms. The van der Waals surface area contributed by atoms with Crippen molar-refractivity contribution in [1.82, 2.24) is 4.90 Å². The van der Waals surface area contributed by atoms with Gasteiger partial charge in [-0.1, -0.05) is 6.08 Å². The lowest BCUT2D eigenvalue weighted by Gasteiger charge is -2.36. The van der Waals surface area contributed by atoms with Gasteiger partial charge in [-0.15, -0.1) is 0 Å². The van der Waals surface area contributed by atoms with Crippen LogP contribution in [0.1, 0.15) is 33.1 Å². The minimum Gasteiger partial charge on any atom is -0.383 e. The van der Waals surface area contributed by atoms with E-state index in [2.05, 4.69) is 31.0 Å². The second kappa shape index (κ2) is 4.01. The molecule has 16 heavy (non-hydrogen) atoms. The molecule has 0 spiro atoms. The summed E-state index contributed by atoms with van der Waals surface area (Å²) in [5, 5.41) is 9.01. The Morgan fingerprint density at radius 1 is 1.56 bits per heavy atom. The number of hydrogen-bond donors (Lipinski definition) is 1. The van der Waals surface area contributed by atoms with Crippen LogP contribution in [-0.2, 0) is 0 Å². The molecule has 0 radical (unpaired) electrons. The van der Waals surface area contributed by atoms with Gasteiger partial charge >= 0.3 is 0 Å². The normalized spacial score (nSPS) is 20.2. The number of aliphatic imine (C=N–C) groups is 1. The van der Waals surface area contributed by atoms with E-state index in [0.717, 1.165) is 30.7 Å². The fraction of sp³-hybridized carbons (Fsp3) is 0.500. The topological polar surface area (TPSA) is 65.4 Å². The van der Waals surface area contributed by atoms with Gasteiger partial charge in [0.2, 0.25) is 0 Å². The van der Waals surface area contributed by atoms with E-state index in [0.29, 0.717) is 11.5 Å². The quantitative estimate of drug-likeness (QED) is 0.727. The summed E-state index contributed by atoms with van der Waals surface area (Å²) in [6.07, 6.45) is 5.27. The van der Waals surface area contributed by atoms with Gasteiger partial charge in [0.25, 0.3) is 0 Å². The molecular weight excluding hydrogens is 200 g/mol. The van der Waals surface area contributed by atoms with Crippen molar-refractivity contribution < 1.29 is 0 Å². The first-order valence-corrected chi connectivity index (χ1v) is 5.62. The van der Waals surface area contributed by atoms with Crippen molar-refractivity contribution in [3.63, 3.8) is 0 Å². The lowest BCUT2D eigenvalue weighted by atomic mass is 9.98. The van der Waals surface area contributed by atoms with Crippen molar-refractivity contribution in [3.05, 3.63) is 23.3 Å². The van der Waals surface area contributed by atoms with Crippen LogP contribution in [0, 0.1) is 11.3 Å². The number of nitrogens with zero attached hydrogens (tertiary/aromatic N) is 3. The molecule has 1 heterocycles. The molecule has 1 aliphatic carbocycles. The van der Waals surface area contributed by atoms with Gasteiger partial charge in [-0.3, -0.25) is 0 Å². The monoisotopic (exact) mass is 216 g/mol. The predicted molar refractivity (Wildman–Crippen MR) is 63.2 cm³/mol. The molecule has 2 N–H and O–H groups in total. The highest BCUT2D eigenvalue weighted by molar-refractivity contribution is 6.02. The molecule has 0 saturated carbocycles. The van der Waals surface area contributed by atoms with Crippen LogP contribution in [0.2, 0.25) is 0 Å². The fourth-order valence-electron chi connectivity index (χ4n) is 2.18. The minimum atomic E-state index is 0.248. The van der Waals surface area contributed by atoms with Gasteiger partial charge in [0, 0.05) is 6.04 Å². The largest absolute Gasteiger partial charge is 0.383 e. The molecule has 4 nitrogen and oxygen atoms in total. The van der Waals surface area contributed by atoms with Crippen molar-refractivity contribution in [2.75, 3.05) is 0 Å². The van der Waals surface area contributed by atoms with E-state index in [1.54, 1.807) is 0 Å². The summed E-state index contributed by atoms with van der Waals surface area (Å²) in [5.74, 6) is 0.481. The van der Waals surface area contributed by atoms with Gasteiger partial charge in [0.1, 0.15) is 11.9 Å². The number of rotatable bonds is 1. The van der Waals surface area contributed by atoms with Crippen molar-refractivity contribution in [2.45, 2.75) is 39.2 Å². The summed E-state index contributed by atoms with van der Waals surface area (Å²) < 4.78 is 0. The van der Waals surface area contributed by atoms with Crippen LogP contribution >= 0.6 is 0 Å². The van der Waals surface area contributed by atoms with E-state index in [4.69, 9.17) is 11.0 Å². The third-order valence-electron chi connectivity index (χ3n) is 2.88. The highest BCUT2D eigenvalue weighted by Gasteiger charge is 2.28. The van der Waals surface area contributed by atoms with E-state index in [9.17, 15) is 0 Å². The van der Waals surface area contributed by atoms with E-state index >= 15 is 0 Å². The third-order valence-corrected chi connectivity index (χ3v) is 2.88. The Morgan fingerprint density at radius 2 is 2.31 bits per heavy atom. The zero-order valence-corrected chi connectivity index (χ0v) is 9.70. The molecule has 84 valence electrons. The van der Waals surface area contributed by atoms with E-state index in [1.165, 1.54) is 0 Å². The average molecular weight is 216 g/mol. The molecule has 0 atom stereocenters. The first-order chi connectivity index (χ1) is 7.65. The zero-order valence-electron chi connectivity index (χ0n) is 9.70. The molecule has 0 amide bonds. The third kappa shape index (κ3) is 1.58. The van der Waals surface area contributed by atoms with Crippen molar-refractivity contribution in [3.8, 4) is 6.07 Å². The molecular formula is C12H16N4. The minimum absolute atomic E-state index is 0.248. The van der Waals surface area contributed by atoms with Crippen LogP contribution in [0.15, 0.2) is 28.3 Å². The molecule has 1 aliphatic heterocycles. The Morgan fingerprint density at radius 3 is 2.94 bits per heavy atom. The summed E-state index contributed by atoms with van der Waals surface area (Å²) in [4.78, 5) is 6.35. The van der Waals surface area contributed by atoms with Gasteiger partial charge in [-0.2, -0.15) is 5.26 Å². The fourth-order valence-corrected chi connectivity index (χ4v) is 2.18. The van der Waals surface area contributed by atoms with E-state index in [1.807, 2.05) is 4.90 Å². The van der Waals surface area contributed by atoms with Crippen molar-refractivity contribution in [2.24, 2.45) is 10.7 Å². The van der Waals surface area contributed by atoms with Gasteiger partial charge in [0.05, 0.1) is 11.4 Å². The van der Waals surface area contributed by atoms with Crippen LogP contribution in [0.25, 0.3) is 0 Å². The number of allylic oxidation sites excluding steroid dienone is 3. The number of nitrogens with two attached hydrogens (primary N) is 1. The first-order valence-electron chi connectivity index (χ1n) is 5.62. The Labute approximate surface area is 95.8 Å². The van der Waals surface area contributed by atoms with Gasteiger partial charge in [-0.05, 0) is 33.1 Å². The number of fused-ring (bicyclic) bond motifs is 1. The summed E-state index contributed by atoms with van der Waals surface area (Å²) >= 11 is 0. The predicted octanol–water partition coefficient (Wildman–Crippen LogP) is 1.87. The van der Waals surface area contributed by atoms with Crippen LogP contribution in [0.4, 0.5) is 0 Å². The van der Waals surface area contributed by atoms with Gasteiger partial charge < -0.3 is 10.6 Å². The smallest absolute Gasteiger partial charge is 0.181 e. The summed E-state index contributed by atoms with van der Waals surface area (Å²) in [5.41, 5.74) is 8.43. The van der Waals surface area contributed by atoms with Crippen molar-refractivity contribution >= 4 is 5.71 Å². The Kier molecular flexibility index (Phi) is 2.69. The average Bonchev–Trinajstić information content (AvgIpc) is 2.27. The second-order valence-corrected chi connectivity index (χ2v) is 4.35. The van der Waals surface area contributed by atoms with E-state index < -0.39 is 0 Å². The molecule has 0 aromatic carbocycles.